The van der Waals surface area contributed by atoms with Gasteiger partial charge in [-0.25, -0.2) is 9.97 Å². The van der Waals surface area contributed by atoms with E-state index in [9.17, 15) is 0 Å². The topological polar surface area (TPSA) is 49.8 Å². The third-order valence-electron chi connectivity index (χ3n) is 4.43. The molecular formula is C23H19BrN4. The van der Waals surface area contributed by atoms with Gasteiger partial charge in [0.15, 0.2) is 11.6 Å². The van der Waals surface area contributed by atoms with Crippen molar-refractivity contribution in [1.29, 1.82) is 0 Å². The molecule has 0 radical (unpaired) electrons. The van der Waals surface area contributed by atoms with Gasteiger partial charge in [0, 0.05) is 17.8 Å². The second-order valence-electron chi connectivity index (χ2n) is 6.48. The standard InChI is InChI=1S/C23H19BrN4/c1-16-6-2-3-7-19(16)26-23-22(27-20-8-4-5-9-21(20)28-23)25-15-14-17-10-12-18(24)13-11-17/h2-10,12H,14-15H2,1H3,(H,25,27)(H,26,28). The number of aryl methyl sites for hydroxylation is 1. The zero-order valence-electron chi connectivity index (χ0n) is 15.5. The molecule has 0 spiro atoms. The summed E-state index contributed by atoms with van der Waals surface area (Å²) < 4.78 is 0.911. The van der Waals surface area contributed by atoms with E-state index in [0.717, 1.165) is 56.9 Å². The number of halogens is 1. The van der Waals surface area contributed by atoms with E-state index < -0.39 is 0 Å². The first kappa shape index (κ1) is 18.3. The zero-order chi connectivity index (χ0) is 19.3. The Kier molecular flexibility index (Phi) is 5.41. The Morgan fingerprint density at radius 2 is 1.61 bits per heavy atom. The minimum atomic E-state index is 0.722. The van der Waals surface area contributed by atoms with Crippen LogP contribution in [0.15, 0.2) is 82.2 Å². The predicted octanol–water partition coefficient (Wildman–Crippen LogP) is 6.01. The first-order valence-corrected chi connectivity index (χ1v) is 9.90. The lowest BCUT2D eigenvalue weighted by atomic mass is 10.1. The predicted molar refractivity (Wildman–Crippen MR) is 119 cm³/mol. The van der Waals surface area contributed by atoms with Gasteiger partial charge in [-0.05, 0) is 65.2 Å². The fourth-order valence-corrected chi connectivity index (χ4v) is 3.14. The van der Waals surface area contributed by atoms with Crippen molar-refractivity contribution in [3.8, 4) is 0 Å². The van der Waals surface area contributed by atoms with Gasteiger partial charge < -0.3 is 10.6 Å². The largest absolute Gasteiger partial charge is 0.367 e. The fourth-order valence-electron chi connectivity index (χ4n) is 2.91. The number of hydrogen-bond acceptors (Lipinski definition) is 4. The number of para-hydroxylation sites is 3. The number of fused-ring (bicyclic) bond motifs is 1. The summed E-state index contributed by atoms with van der Waals surface area (Å²) in [5.74, 6) is 1.46. The Morgan fingerprint density at radius 3 is 2.32 bits per heavy atom. The smallest absolute Gasteiger partial charge is 0.174 e. The van der Waals surface area contributed by atoms with Crippen molar-refractivity contribution in [1.82, 2.24) is 9.97 Å². The molecule has 0 saturated heterocycles. The van der Waals surface area contributed by atoms with E-state index in [2.05, 4.69) is 51.0 Å². The lowest BCUT2D eigenvalue weighted by Crippen LogP contribution is -2.09. The van der Waals surface area contributed by atoms with Crippen LogP contribution in [-0.4, -0.2) is 16.5 Å². The van der Waals surface area contributed by atoms with Crippen LogP contribution in [0.4, 0.5) is 17.3 Å². The van der Waals surface area contributed by atoms with Crippen molar-refractivity contribution in [3.05, 3.63) is 87.8 Å². The maximum absolute atomic E-state index is 4.79. The summed E-state index contributed by atoms with van der Waals surface area (Å²) in [5, 5.41) is 6.86. The molecule has 0 saturated carbocycles. The normalized spacial score (nSPS) is 12.6. The zero-order valence-corrected chi connectivity index (χ0v) is 17.0. The Hall–Kier alpha value is -3.10. The summed E-state index contributed by atoms with van der Waals surface area (Å²) in [6.45, 7) is 2.80. The molecule has 138 valence electrons. The molecule has 5 heteroatoms. The molecule has 1 aliphatic rings. The molecule has 0 amide bonds. The SMILES string of the molecule is Cc1ccccc1Nc1nc2ccccc2nc1NCCC1=C=C=C(Br)C=C1. The van der Waals surface area contributed by atoms with Crippen LogP contribution >= 0.6 is 15.9 Å². The minimum absolute atomic E-state index is 0.722. The number of nitrogens with one attached hydrogen (secondary N) is 2. The van der Waals surface area contributed by atoms with Gasteiger partial charge in [-0.2, -0.15) is 0 Å². The second kappa shape index (κ2) is 8.28. The molecule has 4 nitrogen and oxygen atoms in total. The highest BCUT2D eigenvalue weighted by molar-refractivity contribution is 9.11. The molecular weight excluding hydrogens is 412 g/mol. The third-order valence-corrected chi connectivity index (χ3v) is 4.89. The van der Waals surface area contributed by atoms with Crippen LogP contribution in [0.1, 0.15) is 12.0 Å². The van der Waals surface area contributed by atoms with Gasteiger partial charge in [0.05, 0.1) is 15.5 Å². The van der Waals surface area contributed by atoms with Gasteiger partial charge in [0.25, 0.3) is 0 Å². The van der Waals surface area contributed by atoms with Crippen LogP contribution in [0.25, 0.3) is 11.0 Å². The van der Waals surface area contributed by atoms with E-state index in [1.165, 1.54) is 0 Å². The molecule has 1 aromatic heterocycles. The number of nitrogens with zero attached hydrogens (tertiary/aromatic N) is 2. The van der Waals surface area contributed by atoms with Crippen LogP contribution in [-0.2, 0) is 0 Å². The average Bonchev–Trinajstić information content (AvgIpc) is 2.71. The van der Waals surface area contributed by atoms with Crippen molar-refractivity contribution in [2.45, 2.75) is 13.3 Å². The van der Waals surface area contributed by atoms with E-state index in [0.29, 0.717) is 0 Å². The first-order valence-electron chi connectivity index (χ1n) is 9.11. The number of allylic oxidation sites excluding steroid dienone is 3. The lowest BCUT2D eigenvalue weighted by Gasteiger charge is -2.14. The Bertz CT molecular complexity index is 1170. The van der Waals surface area contributed by atoms with Gasteiger partial charge in [0.2, 0.25) is 0 Å². The quantitative estimate of drug-likeness (QED) is 0.469. The Morgan fingerprint density at radius 1 is 0.893 bits per heavy atom. The van der Waals surface area contributed by atoms with E-state index in [4.69, 9.17) is 9.97 Å². The van der Waals surface area contributed by atoms with Crippen LogP contribution in [0, 0.1) is 6.92 Å². The van der Waals surface area contributed by atoms with Crippen LogP contribution in [0.5, 0.6) is 0 Å². The molecule has 0 fully saturated rings. The number of anilines is 3. The van der Waals surface area contributed by atoms with Crippen molar-refractivity contribution < 1.29 is 0 Å². The average molecular weight is 431 g/mol. The number of rotatable bonds is 6. The third kappa shape index (κ3) is 4.24. The van der Waals surface area contributed by atoms with Gasteiger partial charge in [0.1, 0.15) is 0 Å². The summed E-state index contributed by atoms with van der Waals surface area (Å²) in [7, 11) is 0. The van der Waals surface area contributed by atoms with E-state index in [1.54, 1.807) is 0 Å². The molecule has 4 rings (SSSR count). The van der Waals surface area contributed by atoms with Crippen molar-refractivity contribution in [3.63, 3.8) is 0 Å². The summed E-state index contributed by atoms with van der Waals surface area (Å²) in [4.78, 5) is 9.58. The molecule has 0 bridgehead atoms. The molecule has 0 aliphatic heterocycles. The highest BCUT2D eigenvalue weighted by atomic mass is 79.9. The van der Waals surface area contributed by atoms with E-state index in [-0.39, 0.29) is 0 Å². The summed E-state index contributed by atoms with van der Waals surface area (Å²) in [6.07, 6.45) is 4.84. The molecule has 1 aliphatic carbocycles. The maximum Gasteiger partial charge on any atom is 0.174 e. The van der Waals surface area contributed by atoms with Gasteiger partial charge in [-0.15, -0.1) is 0 Å². The molecule has 28 heavy (non-hydrogen) atoms. The summed E-state index contributed by atoms with van der Waals surface area (Å²) in [5.41, 5.74) is 11.2. The molecule has 1 heterocycles. The highest BCUT2D eigenvalue weighted by Crippen LogP contribution is 2.26. The van der Waals surface area contributed by atoms with Gasteiger partial charge in [-0.3, -0.25) is 0 Å². The van der Waals surface area contributed by atoms with Crippen LogP contribution in [0.2, 0.25) is 0 Å². The molecule has 0 atom stereocenters. The van der Waals surface area contributed by atoms with E-state index in [1.807, 2.05) is 54.6 Å². The van der Waals surface area contributed by atoms with Gasteiger partial charge in [-0.1, -0.05) is 41.8 Å². The molecule has 2 aromatic carbocycles. The monoisotopic (exact) mass is 430 g/mol. The number of benzene rings is 2. The van der Waals surface area contributed by atoms with Crippen LogP contribution in [0.3, 0.4) is 0 Å². The van der Waals surface area contributed by atoms with Crippen molar-refractivity contribution in [2.24, 2.45) is 0 Å². The summed E-state index contributed by atoms with van der Waals surface area (Å²) >= 11 is 3.39. The number of aromatic nitrogens is 2. The van der Waals surface area contributed by atoms with Crippen LogP contribution < -0.4 is 10.6 Å². The van der Waals surface area contributed by atoms with Crippen molar-refractivity contribution in [2.75, 3.05) is 17.2 Å². The molecule has 3 aromatic rings. The Labute approximate surface area is 172 Å². The summed E-state index contributed by atoms with van der Waals surface area (Å²) in [6, 6.07) is 16.0. The number of hydrogen-bond donors (Lipinski definition) is 2. The lowest BCUT2D eigenvalue weighted by molar-refractivity contribution is 1.01. The highest BCUT2D eigenvalue weighted by Gasteiger charge is 2.10. The van der Waals surface area contributed by atoms with E-state index >= 15 is 0 Å². The molecule has 0 unspecified atom stereocenters. The first-order chi connectivity index (χ1) is 13.7. The minimum Gasteiger partial charge on any atom is -0.367 e. The van der Waals surface area contributed by atoms with Crippen molar-refractivity contribution >= 4 is 44.3 Å². The molecule has 2 N–H and O–H groups in total. The second-order valence-corrected chi connectivity index (χ2v) is 7.34. The maximum atomic E-state index is 4.79. The Balaban J connectivity index is 1.61. The fraction of sp³-hybridized carbons (Fsp3) is 0.130. The van der Waals surface area contributed by atoms with Gasteiger partial charge >= 0.3 is 0 Å².